The van der Waals surface area contributed by atoms with Crippen LogP contribution >= 0.6 is 0 Å². The molecular weight excluding hydrogens is 160 g/mol. The first kappa shape index (κ1) is 6.96. The highest BCUT2D eigenvalue weighted by Crippen LogP contribution is 2.23. The number of hydrogen-bond acceptors (Lipinski definition) is 1. The zero-order chi connectivity index (χ0) is 10.1. The van der Waals surface area contributed by atoms with E-state index in [1.54, 1.807) is 6.07 Å². The van der Waals surface area contributed by atoms with Crippen molar-refractivity contribution in [3.8, 4) is 5.75 Å². The molecule has 0 bridgehead atoms. The number of fused-ring (bicyclic) bond motifs is 1. The molecule has 1 N–H and O–H groups in total. The Balaban J connectivity index is 2.87. The summed E-state index contributed by atoms with van der Waals surface area (Å²) in [6, 6.07) is 9.50. The van der Waals surface area contributed by atoms with Crippen molar-refractivity contribution in [3.05, 3.63) is 41.9 Å². The number of aromatic hydroxyl groups is 1. The summed E-state index contributed by atoms with van der Waals surface area (Å²) in [6.45, 7) is 2.07. The minimum atomic E-state index is 0.163. The summed E-state index contributed by atoms with van der Waals surface area (Å²) >= 11 is 0. The Bertz CT molecular complexity index is 477. The Kier molecular flexibility index (Phi) is 1.66. The van der Waals surface area contributed by atoms with Gasteiger partial charge in [0.2, 0.25) is 0 Å². The highest BCUT2D eigenvalue weighted by molar-refractivity contribution is 5.86. The van der Waals surface area contributed by atoms with E-state index in [2.05, 4.69) is 6.92 Å². The highest BCUT2D eigenvalue weighted by Gasteiger charge is 1.98. The number of phenols is 1. The first-order chi connectivity index (χ1) is 6.72. The van der Waals surface area contributed by atoms with Crippen LogP contribution in [0.2, 0.25) is 0 Å². The van der Waals surface area contributed by atoms with Gasteiger partial charge in [0.1, 0.15) is 5.75 Å². The third-order valence-corrected chi connectivity index (χ3v) is 2.23. The Labute approximate surface area is 79.0 Å². The molecule has 1 heteroatoms. The second-order valence-corrected chi connectivity index (χ2v) is 3.09. The monoisotopic (exact) mass is 173 g/mol. The average molecular weight is 173 g/mol. The van der Waals surface area contributed by atoms with E-state index in [4.69, 9.17) is 1.37 Å². The standard InChI is InChI=1S/C12H12O/c1-2-9-4-3-5-10-8-11(13)6-7-12(9)10/h3-8,13H,2H2,1H3/i7D. The topological polar surface area (TPSA) is 20.2 Å². The lowest BCUT2D eigenvalue weighted by atomic mass is 10.0. The lowest BCUT2D eigenvalue weighted by Gasteiger charge is -2.03. The van der Waals surface area contributed by atoms with Gasteiger partial charge < -0.3 is 5.11 Å². The van der Waals surface area contributed by atoms with Crippen LogP contribution in [0.3, 0.4) is 0 Å². The molecule has 2 aromatic rings. The normalized spacial score (nSPS) is 11.6. The van der Waals surface area contributed by atoms with E-state index in [9.17, 15) is 5.11 Å². The predicted molar refractivity (Wildman–Crippen MR) is 55.0 cm³/mol. The summed E-state index contributed by atoms with van der Waals surface area (Å²) < 4.78 is 7.79. The van der Waals surface area contributed by atoms with Crippen LogP contribution in [-0.2, 0) is 6.42 Å². The van der Waals surface area contributed by atoms with Crippen LogP contribution in [0.5, 0.6) is 5.75 Å². The first-order valence-electron chi connectivity index (χ1n) is 4.93. The van der Waals surface area contributed by atoms with Gasteiger partial charge in [-0.3, -0.25) is 0 Å². The molecule has 2 rings (SSSR count). The third-order valence-electron chi connectivity index (χ3n) is 2.23. The second kappa shape index (κ2) is 3.09. The van der Waals surface area contributed by atoms with E-state index in [1.807, 2.05) is 18.2 Å². The summed E-state index contributed by atoms with van der Waals surface area (Å²) in [5, 5.41) is 11.2. The molecule has 0 unspecified atom stereocenters. The second-order valence-electron chi connectivity index (χ2n) is 3.09. The maximum absolute atomic E-state index is 9.35. The van der Waals surface area contributed by atoms with Crippen molar-refractivity contribution in [2.75, 3.05) is 0 Å². The lowest BCUT2D eigenvalue weighted by molar-refractivity contribution is 0.476. The van der Waals surface area contributed by atoms with E-state index >= 15 is 0 Å². The first-order valence-corrected chi connectivity index (χ1v) is 4.43. The van der Waals surface area contributed by atoms with Gasteiger partial charge in [0.05, 0.1) is 1.37 Å². The van der Waals surface area contributed by atoms with Crippen LogP contribution in [0, 0.1) is 0 Å². The molecule has 0 aromatic heterocycles. The minimum absolute atomic E-state index is 0.163. The quantitative estimate of drug-likeness (QED) is 0.702. The van der Waals surface area contributed by atoms with E-state index in [0.29, 0.717) is 6.04 Å². The fourth-order valence-electron chi connectivity index (χ4n) is 1.56. The summed E-state index contributed by atoms with van der Waals surface area (Å²) in [5.41, 5.74) is 1.16. The van der Waals surface area contributed by atoms with Crippen molar-refractivity contribution in [1.29, 1.82) is 0 Å². The van der Waals surface area contributed by atoms with Crippen LogP contribution in [-0.4, -0.2) is 5.11 Å². The van der Waals surface area contributed by atoms with Crippen molar-refractivity contribution in [2.45, 2.75) is 13.3 Å². The number of aryl methyl sites for hydroxylation is 1. The van der Waals surface area contributed by atoms with Crippen molar-refractivity contribution in [1.82, 2.24) is 0 Å². The molecule has 0 aliphatic carbocycles. The van der Waals surface area contributed by atoms with Gasteiger partial charge in [-0.2, -0.15) is 0 Å². The third kappa shape index (κ3) is 1.37. The van der Waals surface area contributed by atoms with Crippen molar-refractivity contribution >= 4 is 10.8 Å². The molecule has 0 radical (unpaired) electrons. The van der Waals surface area contributed by atoms with Gasteiger partial charge in [0.15, 0.2) is 0 Å². The van der Waals surface area contributed by atoms with Gasteiger partial charge in [-0.1, -0.05) is 31.2 Å². The zero-order valence-corrected chi connectivity index (χ0v) is 7.54. The molecule has 0 aliphatic rings. The van der Waals surface area contributed by atoms with Crippen LogP contribution < -0.4 is 0 Å². The largest absolute Gasteiger partial charge is 0.508 e. The molecule has 0 saturated carbocycles. The fourth-order valence-corrected chi connectivity index (χ4v) is 1.56. The Morgan fingerprint density at radius 1 is 1.38 bits per heavy atom. The van der Waals surface area contributed by atoms with Crippen LogP contribution in [0.15, 0.2) is 36.4 Å². The van der Waals surface area contributed by atoms with Gasteiger partial charge in [0, 0.05) is 0 Å². The van der Waals surface area contributed by atoms with Crippen LogP contribution in [0.25, 0.3) is 10.8 Å². The molecule has 0 aliphatic heterocycles. The smallest absolute Gasteiger partial charge is 0.116 e. The molecule has 13 heavy (non-hydrogen) atoms. The maximum atomic E-state index is 9.35. The lowest BCUT2D eigenvalue weighted by Crippen LogP contribution is -1.82. The van der Waals surface area contributed by atoms with Gasteiger partial charge in [0.25, 0.3) is 0 Å². The van der Waals surface area contributed by atoms with Gasteiger partial charge >= 0.3 is 0 Å². The van der Waals surface area contributed by atoms with E-state index in [0.717, 1.165) is 22.8 Å². The predicted octanol–water partition coefficient (Wildman–Crippen LogP) is 3.11. The molecule has 2 aromatic carbocycles. The maximum Gasteiger partial charge on any atom is 0.116 e. The average Bonchev–Trinajstić information content (AvgIpc) is 2.16. The Morgan fingerprint density at radius 2 is 2.23 bits per heavy atom. The molecule has 1 nitrogen and oxygen atoms in total. The molecular formula is C12H12O. The molecule has 0 heterocycles. The van der Waals surface area contributed by atoms with E-state index in [-0.39, 0.29) is 5.75 Å². The molecule has 0 amide bonds. The summed E-state index contributed by atoms with van der Waals surface area (Å²) in [4.78, 5) is 0. The fraction of sp³-hybridized carbons (Fsp3) is 0.167. The summed E-state index contributed by atoms with van der Waals surface area (Å²) in [7, 11) is 0. The van der Waals surface area contributed by atoms with Gasteiger partial charge in [-0.25, -0.2) is 0 Å². The number of rotatable bonds is 1. The minimum Gasteiger partial charge on any atom is -0.508 e. The molecule has 0 spiro atoms. The molecule has 0 fully saturated rings. The summed E-state index contributed by atoms with van der Waals surface area (Å²) in [6.07, 6.45) is 0.911. The highest BCUT2D eigenvalue weighted by atomic mass is 16.3. The SMILES string of the molecule is [2H]c1cc(O)cc2cccc(CC)c12. The van der Waals surface area contributed by atoms with E-state index in [1.165, 1.54) is 6.07 Å². The Hall–Kier alpha value is -1.50. The van der Waals surface area contributed by atoms with Crippen molar-refractivity contribution in [2.24, 2.45) is 0 Å². The molecule has 0 atom stereocenters. The van der Waals surface area contributed by atoms with Gasteiger partial charge in [-0.15, -0.1) is 0 Å². The number of phenolic OH excluding ortho intramolecular Hbond substituents is 1. The summed E-state index contributed by atoms with van der Waals surface area (Å²) in [5.74, 6) is 0.163. The van der Waals surface area contributed by atoms with Gasteiger partial charge in [-0.05, 0) is 34.9 Å². The van der Waals surface area contributed by atoms with Crippen molar-refractivity contribution < 1.29 is 6.48 Å². The Morgan fingerprint density at radius 3 is 3.00 bits per heavy atom. The number of hydrogen-bond donors (Lipinski definition) is 1. The zero-order valence-electron chi connectivity index (χ0n) is 8.54. The van der Waals surface area contributed by atoms with Crippen LogP contribution in [0.4, 0.5) is 0 Å². The van der Waals surface area contributed by atoms with E-state index < -0.39 is 0 Å². The number of benzene rings is 2. The molecule has 66 valence electrons. The van der Waals surface area contributed by atoms with Crippen molar-refractivity contribution in [3.63, 3.8) is 0 Å². The van der Waals surface area contributed by atoms with Crippen LogP contribution in [0.1, 0.15) is 13.9 Å². The molecule has 0 saturated heterocycles.